The Balaban J connectivity index is 2.11. The molecule has 1 fully saturated rings. The van der Waals surface area contributed by atoms with Gasteiger partial charge in [0.2, 0.25) is 0 Å². The molecule has 1 unspecified atom stereocenters. The zero-order valence-electron chi connectivity index (χ0n) is 10.0. The molecule has 0 radical (unpaired) electrons. The molecule has 1 N–H and O–H groups in total. The van der Waals surface area contributed by atoms with E-state index in [-0.39, 0.29) is 0 Å². The molecule has 2 heteroatoms. The van der Waals surface area contributed by atoms with Crippen LogP contribution in [0.5, 0.6) is 0 Å². The molecule has 86 valence electrons. The summed E-state index contributed by atoms with van der Waals surface area (Å²) in [5.41, 5.74) is 0. The lowest BCUT2D eigenvalue weighted by Crippen LogP contribution is -2.28. The summed E-state index contributed by atoms with van der Waals surface area (Å²) < 4.78 is 0. The Morgan fingerprint density at radius 3 is 2.73 bits per heavy atom. The zero-order chi connectivity index (χ0) is 10.9. The molecule has 0 spiro atoms. The maximum Gasteiger partial charge on any atom is 0.0164 e. The molecule has 15 heavy (non-hydrogen) atoms. The highest BCUT2D eigenvalue weighted by Gasteiger charge is 2.16. The smallest absolute Gasteiger partial charge is 0.0164 e. The van der Waals surface area contributed by atoms with Crippen LogP contribution < -0.4 is 5.32 Å². The summed E-state index contributed by atoms with van der Waals surface area (Å²) in [5, 5.41) is 4.34. The molecule has 0 saturated heterocycles. The van der Waals surface area contributed by atoms with Gasteiger partial charge in [-0.15, -0.1) is 11.8 Å². The maximum absolute atomic E-state index is 3.40. The Morgan fingerprint density at radius 2 is 2.13 bits per heavy atom. The predicted molar refractivity (Wildman–Crippen MR) is 70.2 cm³/mol. The van der Waals surface area contributed by atoms with Crippen LogP contribution in [0.15, 0.2) is 0 Å². The molecule has 1 atom stereocenters. The fraction of sp³-hybridized carbons (Fsp3) is 0.846. The molecule has 1 rings (SSSR count). The van der Waals surface area contributed by atoms with E-state index in [0.717, 1.165) is 11.7 Å². The van der Waals surface area contributed by atoms with Crippen molar-refractivity contribution in [3.05, 3.63) is 0 Å². The normalized spacial score (nSPS) is 18.5. The van der Waals surface area contributed by atoms with Crippen molar-refractivity contribution in [3.63, 3.8) is 0 Å². The molecule has 0 bridgehead atoms. The van der Waals surface area contributed by atoms with E-state index in [1.165, 1.54) is 37.9 Å². The van der Waals surface area contributed by atoms with Gasteiger partial charge in [0.1, 0.15) is 0 Å². The van der Waals surface area contributed by atoms with Gasteiger partial charge in [0.15, 0.2) is 0 Å². The first-order valence-electron chi connectivity index (χ1n) is 6.05. The standard InChI is InChI=1S/C13H23NS/c1-3-4-5-8-12(14-2)11-15-13-9-6-7-10-13/h12-14H,5-11H2,1-2H3. The Kier molecular flexibility index (Phi) is 6.96. The summed E-state index contributed by atoms with van der Waals surface area (Å²) in [6, 6.07) is 0.649. The van der Waals surface area contributed by atoms with E-state index in [1.807, 2.05) is 6.92 Å². The fourth-order valence-corrected chi connectivity index (χ4v) is 3.49. The van der Waals surface area contributed by atoms with Crippen molar-refractivity contribution in [3.8, 4) is 11.8 Å². The molecule has 0 aromatic rings. The van der Waals surface area contributed by atoms with Crippen LogP contribution in [-0.2, 0) is 0 Å². The van der Waals surface area contributed by atoms with Crippen molar-refractivity contribution in [2.24, 2.45) is 0 Å². The summed E-state index contributed by atoms with van der Waals surface area (Å²) in [4.78, 5) is 0. The third kappa shape index (κ3) is 5.49. The SMILES string of the molecule is CC#CCCC(CSC1CCCC1)NC. The lowest BCUT2D eigenvalue weighted by molar-refractivity contribution is 0.581. The van der Waals surface area contributed by atoms with Gasteiger partial charge in [-0.3, -0.25) is 0 Å². The van der Waals surface area contributed by atoms with Crippen molar-refractivity contribution in [2.75, 3.05) is 12.8 Å². The van der Waals surface area contributed by atoms with E-state index in [2.05, 4.69) is 36.0 Å². The maximum atomic E-state index is 3.40. The van der Waals surface area contributed by atoms with Crippen LogP contribution in [0.3, 0.4) is 0 Å². The number of rotatable bonds is 6. The lowest BCUT2D eigenvalue weighted by Gasteiger charge is -2.17. The van der Waals surface area contributed by atoms with Gasteiger partial charge in [0, 0.05) is 23.5 Å². The second-order valence-electron chi connectivity index (χ2n) is 4.19. The molecule has 1 aliphatic carbocycles. The summed E-state index contributed by atoms with van der Waals surface area (Å²) in [7, 11) is 2.07. The van der Waals surface area contributed by atoms with Crippen LogP contribution in [0.1, 0.15) is 45.4 Å². The van der Waals surface area contributed by atoms with Crippen LogP contribution in [0.2, 0.25) is 0 Å². The highest BCUT2D eigenvalue weighted by molar-refractivity contribution is 7.99. The highest BCUT2D eigenvalue weighted by atomic mass is 32.2. The molecular weight excluding hydrogens is 202 g/mol. The van der Waals surface area contributed by atoms with Gasteiger partial charge >= 0.3 is 0 Å². The van der Waals surface area contributed by atoms with Crippen molar-refractivity contribution >= 4 is 11.8 Å². The first kappa shape index (κ1) is 12.9. The minimum atomic E-state index is 0.649. The lowest BCUT2D eigenvalue weighted by atomic mass is 10.2. The molecule has 0 heterocycles. The van der Waals surface area contributed by atoms with Gasteiger partial charge in [0.05, 0.1) is 0 Å². The Labute approximate surface area is 98.8 Å². The van der Waals surface area contributed by atoms with Crippen LogP contribution in [0.4, 0.5) is 0 Å². The third-order valence-electron chi connectivity index (χ3n) is 3.04. The van der Waals surface area contributed by atoms with E-state index in [1.54, 1.807) is 0 Å². The number of nitrogens with one attached hydrogen (secondary N) is 1. The second-order valence-corrected chi connectivity index (χ2v) is 5.52. The summed E-state index contributed by atoms with van der Waals surface area (Å²) in [6.45, 7) is 1.92. The summed E-state index contributed by atoms with van der Waals surface area (Å²) in [5.74, 6) is 7.36. The monoisotopic (exact) mass is 225 g/mol. The van der Waals surface area contributed by atoms with E-state index in [9.17, 15) is 0 Å². The van der Waals surface area contributed by atoms with Gasteiger partial charge < -0.3 is 5.32 Å². The molecule has 0 aromatic heterocycles. The van der Waals surface area contributed by atoms with Gasteiger partial charge in [0.25, 0.3) is 0 Å². The van der Waals surface area contributed by atoms with Gasteiger partial charge in [-0.2, -0.15) is 11.8 Å². The first-order chi connectivity index (χ1) is 7.36. The molecule has 1 saturated carbocycles. The Morgan fingerprint density at radius 1 is 1.40 bits per heavy atom. The van der Waals surface area contributed by atoms with Crippen molar-refractivity contribution in [1.29, 1.82) is 0 Å². The molecular formula is C13H23NS. The minimum Gasteiger partial charge on any atom is -0.316 e. The van der Waals surface area contributed by atoms with Crippen LogP contribution in [0, 0.1) is 11.8 Å². The third-order valence-corrected chi connectivity index (χ3v) is 4.58. The largest absolute Gasteiger partial charge is 0.316 e. The van der Waals surface area contributed by atoms with Crippen LogP contribution in [0.25, 0.3) is 0 Å². The average Bonchev–Trinajstić information content (AvgIpc) is 2.76. The zero-order valence-corrected chi connectivity index (χ0v) is 10.8. The summed E-state index contributed by atoms with van der Waals surface area (Å²) >= 11 is 2.16. The fourth-order valence-electron chi connectivity index (χ4n) is 1.99. The van der Waals surface area contributed by atoms with Gasteiger partial charge in [-0.1, -0.05) is 12.8 Å². The molecule has 0 amide bonds. The highest BCUT2D eigenvalue weighted by Crippen LogP contribution is 2.29. The van der Waals surface area contributed by atoms with Crippen molar-refractivity contribution in [2.45, 2.75) is 56.7 Å². The Hall–Kier alpha value is -0.130. The van der Waals surface area contributed by atoms with Crippen LogP contribution >= 0.6 is 11.8 Å². The predicted octanol–water partition coefficient (Wildman–Crippen LogP) is 3.05. The molecule has 1 aliphatic rings. The second kappa shape index (κ2) is 8.07. The van der Waals surface area contributed by atoms with E-state index in [0.29, 0.717) is 6.04 Å². The van der Waals surface area contributed by atoms with Gasteiger partial charge in [-0.05, 0) is 33.2 Å². The molecule has 0 aliphatic heterocycles. The number of thioether (sulfide) groups is 1. The van der Waals surface area contributed by atoms with E-state index >= 15 is 0 Å². The average molecular weight is 225 g/mol. The number of hydrogen-bond acceptors (Lipinski definition) is 2. The minimum absolute atomic E-state index is 0.649. The molecule has 1 nitrogen and oxygen atoms in total. The van der Waals surface area contributed by atoms with E-state index < -0.39 is 0 Å². The Bertz CT molecular complexity index is 210. The van der Waals surface area contributed by atoms with E-state index in [4.69, 9.17) is 0 Å². The topological polar surface area (TPSA) is 12.0 Å². The summed E-state index contributed by atoms with van der Waals surface area (Å²) in [6.07, 6.45) is 8.00. The van der Waals surface area contributed by atoms with Crippen LogP contribution in [-0.4, -0.2) is 24.1 Å². The quantitative estimate of drug-likeness (QED) is 0.697. The van der Waals surface area contributed by atoms with Crippen molar-refractivity contribution in [1.82, 2.24) is 5.32 Å². The number of hydrogen-bond donors (Lipinski definition) is 1. The molecule has 0 aromatic carbocycles. The van der Waals surface area contributed by atoms with Gasteiger partial charge in [-0.25, -0.2) is 0 Å². The first-order valence-corrected chi connectivity index (χ1v) is 7.10. The van der Waals surface area contributed by atoms with Crippen molar-refractivity contribution < 1.29 is 0 Å².